The molecular formula is C64H56O. The molecule has 318 valence electrons. The number of benzene rings is 7. The first-order valence-corrected chi connectivity index (χ1v) is 23.0. The lowest BCUT2D eigenvalue weighted by molar-refractivity contribution is 0.670. The van der Waals surface area contributed by atoms with Gasteiger partial charge in [0.2, 0.25) is 0 Å². The fourth-order valence-electron chi connectivity index (χ4n) is 9.45. The summed E-state index contributed by atoms with van der Waals surface area (Å²) in [5.74, 6) is 0.153. The molecule has 1 aliphatic carbocycles. The molecule has 0 radical (unpaired) electrons. The molecule has 1 heteroatoms. The van der Waals surface area contributed by atoms with Gasteiger partial charge < -0.3 is 4.42 Å². The average molecular weight is 841 g/mol. The maximum atomic E-state index is 6.40. The Labute approximate surface area is 385 Å². The Morgan fingerprint density at radius 2 is 1.29 bits per heavy atom. The van der Waals surface area contributed by atoms with Crippen LogP contribution < -0.4 is 0 Å². The number of para-hydroxylation sites is 2. The lowest BCUT2D eigenvalue weighted by atomic mass is 9.84. The van der Waals surface area contributed by atoms with E-state index >= 15 is 0 Å². The van der Waals surface area contributed by atoms with E-state index in [0.29, 0.717) is 0 Å². The molecule has 0 amide bonds. The van der Waals surface area contributed by atoms with E-state index < -0.39 is 0 Å². The highest BCUT2D eigenvalue weighted by Gasteiger charge is 2.18. The van der Waals surface area contributed by atoms with E-state index in [1.165, 1.54) is 72.4 Å². The van der Waals surface area contributed by atoms with Crippen LogP contribution in [0.15, 0.2) is 246 Å². The maximum absolute atomic E-state index is 6.40. The predicted molar refractivity (Wildman–Crippen MR) is 280 cm³/mol. The summed E-state index contributed by atoms with van der Waals surface area (Å²) in [6.07, 6.45) is 20.4. The third kappa shape index (κ3) is 9.28. The predicted octanol–water partition coefficient (Wildman–Crippen LogP) is 18.3. The fourth-order valence-corrected chi connectivity index (χ4v) is 9.45. The van der Waals surface area contributed by atoms with Crippen molar-refractivity contribution >= 4 is 33.1 Å². The summed E-state index contributed by atoms with van der Waals surface area (Å²) in [6.45, 7) is 13.3. The Morgan fingerprint density at radius 3 is 2.06 bits per heavy atom. The summed E-state index contributed by atoms with van der Waals surface area (Å²) in [5, 5.41) is 2.28. The van der Waals surface area contributed by atoms with Crippen LogP contribution in [-0.2, 0) is 0 Å². The van der Waals surface area contributed by atoms with E-state index in [9.17, 15) is 0 Å². The molecule has 0 aliphatic heterocycles. The third-order valence-electron chi connectivity index (χ3n) is 12.9. The van der Waals surface area contributed by atoms with Crippen LogP contribution in [0.3, 0.4) is 0 Å². The summed E-state index contributed by atoms with van der Waals surface area (Å²) in [6, 6.07) is 61.0. The van der Waals surface area contributed by atoms with E-state index in [4.69, 9.17) is 4.42 Å². The van der Waals surface area contributed by atoms with Gasteiger partial charge >= 0.3 is 0 Å². The first kappa shape index (κ1) is 42.8. The molecular weight excluding hydrogens is 785 g/mol. The van der Waals surface area contributed by atoms with Gasteiger partial charge in [0, 0.05) is 28.2 Å². The molecule has 8 aromatic rings. The molecule has 0 spiro atoms. The topological polar surface area (TPSA) is 13.1 Å². The zero-order valence-corrected chi connectivity index (χ0v) is 38.0. The van der Waals surface area contributed by atoms with Crippen molar-refractivity contribution < 1.29 is 4.42 Å². The van der Waals surface area contributed by atoms with Crippen molar-refractivity contribution in [3.8, 4) is 33.4 Å². The van der Waals surface area contributed by atoms with Gasteiger partial charge in [0.1, 0.15) is 11.2 Å². The zero-order chi connectivity index (χ0) is 44.7. The molecule has 7 aromatic carbocycles. The van der Waals surface area contributed by atoms with Crippen molar-refractivity contribution in [2.24, 2.45) is 0 Å². The maximum Gasteiger partial charge on any atom is 0.143 e. The van der Waals surface area contributed by atoms with Gasteiger partial charge in [-0.3, -0.25) is 0 Å². The first-order valence-electron chi connectivity index (χ1n) is 23.0. The Balaban J connectivity index is 1.04. The quantitative estimate of drug-likeness (QED) is 0.0833. The summed E-state index contributed by atoms with van der Waals surface area (Å²) < 4.78 is 6.40. The highest BCUT2D eigenvalue weighted by molar-refractivity contribution is 6.09. The van der Waals surface area contributed by atoms with Crippen LogP contribution >= 0.6 is 0 Å². The smallest absolute Gasteiger partial charge is 0.143 e. The normalized spacial score (nSPS) is 14.7. The molecule has 0 saturated heterocycles. The van der Waals surface area contributed by atoms with Crippen LogP contribution in [-0.4, -0.2) is 0 Å². The molecule has 0 saturated carbocycles. The minimum atomic E-state index is -0.0268. The molecule has 65 heavy (non-hydrogen) atoms. The number of allylic oxidation sites excluding steroid dienone is 13. The summed E-state index contributed by atoms with van der Waals surface area (Å²) in [7, 11) is 0. The van der Waals surface area contributed by atoms with Gasteiger partial charge in [0.15, 0.2) is 0 Å². The Kier molecular flexibility index (Phi) is 12.8. The van der Waals surface area contributed by atoms with Crippen molar-refractivity contribution in [1.29, 1.82) is 0 Å². The van der Waals surface area contributed by atoms with Crippen LogP contribution in [0.1, 0.15) is 74.6 Å². The molecule has 0 N–H and O–H groups in total. The molecule has 1 heterocycles. The number of hydrogen-bond acceptors (Lipinski definition) is 1. The van der Waals surface area contributed by atoms with Gasteiger partial charge in [-0.15, -0.1) is 6.58 Å². The molecule has 1 aliphatic rings. The van der Waals surface area contributed by atoms with Gasteiger partial charge in [-0.2, -0.15) is 0 Å². The Morgan fingerprint density at radius 1 is 0.631 bits per heavy atom. The summed E-state index contributed by atoms with van der Waals surface area (Å²) in [5.41, 5.74) is 20.3. The monoisotopic (exact) mass is 840 g/mol. The Hall–Kier alpha value is -7.48. The van der Waals surface area contributed by atoms with E-state index in [2.05, 4.69) is 241 Å². The highest BCUT2D eigenvalue weighted by atomic mass is 16.3. The minimum absolute atomic E-state index is 0.0268. The molecule has 2 unspecified atom stereocenters. The Bertz CT molecular complexity index is 3190. The largest absolute Gasteiger partial charge is 0.455 e. The van der Waals surface area contributed by atoms with E-state index in [1.807, 2.05) is 12.1 Å². The van der Waals surface area contributed by atoms with E-state index in [0.717, 1.165) is 45.9 Å². The molecule has 1 aromatic heterocycles. The number of fused-ring (bicyclic) bond motifs is 3. The SMILES string of the molecule is C=CC(/C=C(\C=C(/C)c1ccccc1)C(/C=C\C)=C/C(C)c1ccccc1C1=C(C)C=CCC1)c1cccc(-c2ccc(-c3cccc(-c4cccc5c4oc4ccccc45)c3)cc2)c1. The molecule has 0 bridgehead atoms. The van der Waals surface area contributed by atoms with Gasteiger partial charge in [-0.05, 0) is 124 Å². The van der Waals surface area contributed by atoms with Crippen LogP contribution in [0.4, 0.5) is 0 Å². The highest BCUT2D eigenvalue weighted by Crippen LogP contribution is 2.39. The molecule has 2 atom stereocenters. The molecule has 1 nitrogen and oxygen atoms in total. The summed E-state index contributed by atoms with van der Waals surface area (Å²) in [4.78, 5) is 0. The average Bonchev–Trinajstić information content (AvgIpc) is 3.75. The van der Waals surface area contributed by atoms with Gasteiger partial charge in [0.05, 0.1) is 0 Å². The van der Waals surface area contributed by atoms with Gasteiger partial charge in [0.25, 0.3) is 0 Å². The van der Waals surface area contributed by atoms with Crippen molar-refractivity contribution in [1.82, 2.24) is 0 Å². The van der Waals surface area contributed by atoms with E-state index in [1.54, 1.807) is 0 Å². The van der Waals surface area contributed by atoms with E-state index in [-0.39, 0.29) is 11.8 Å². The lowest BCUT2D eigenvalue weighted by Gasteiger charge is -2.21. The van der Waals surface area contributed by atoms with Gasteiger partial charge in [-0.1, -0.05) is 213 Å². The number of hydrogen-bond donors (Lipinski definition) is 0. The fraction of sp³-hybridized carbons (Fsp3) is 0.125. The summed E-state index contributed by atoms with van der Waals surface area (Å²) >= 11 is 0. The molecule has 9 rings (SSSR count). The van der Waals surface area contributed by atoms with Crippen LogP contribution in [0.25, 0.3) is 66.5 Å². The number of furan rings is 1. The second-order valence-corrected chi connectivity index (χ2v) is 17.2. The molecule has 0 fully saturated rings. The van der Waals surface area contributed by atoms with Crippen molar-refractivity contribution in [3.05, 3.63) is 264 Å². The second-order valence-electron chi connectivity index (χ2n) is 17.2. The standard InChI is InChI=1S/C64H56O/c1-6-20-51(40-46(5)58-29-13-14-30-60(58)57-28-12-11-21-44(57)3)56(39-45(4)48-22-9-8-10-23-48)41-47(7-2)52-24-17-25-53(42-52)49-35-37-50(38-36-49)54-26-18-27-55(43-54)59-32-19-33-62-61-31-15-16-34-63(61)65-64(59)62/h6-11,13-27,29-43,46-47H,2,12,28H2,1,3-5H3/b20-6-,45-39+,51-40+,56-41+. The lowest BCUT2D eigenvalue weighted by Crippen LogP contribution is -2.02. The van der Waals surface area contributed by atoms with Crippen molar-refractivity contribution in [3.63, 3.8) is 0 Å². The van der Waals surface area contributed by atoms with Crippen LogP contribution in [0.5, 0.6) is 0 Å². The minimum Gasteiger partial charge on any atom is -0.455 e. The van der Waals surface area contributed by atoms with Crippen LogP contribution in [0.2, 0.25) is 0 Å². The first-order chi connectivity index (χ1) is 31.9. The number of rotatable bonds is 13. The van der Waals surface area contributed by atoms with Gasteiger partial charge in [-0.25, -0.2) is 0 Å². The van der Waals surface area contributed by atoms with Crippen molar-refractivity contribution in [2.45, 2.75) is 52.4 Å². The van der Waals surface area contributed by atoms with Crippen molar-refractivity contribution in [2.75, 3.05) is 0 Å². The zero-order valence-electron chi connectivity index (χ0n) is 38.0. The third-order valence-corrected chi connectivity index (χ3v) is 12.9. The van der Waals surface area contributed by atoms with Crippen LogP contribution in [0, 0.1) is 0 Å². The second kappa shape index (κ2) is 19.5.